The second-order valence-electron chi connectivity index (χ2n) is 5.59. The van der Waals surface area contributed by atoms with Crippen molar-refractivity contribution in [3.05, 3.63) is 48.0 Å². The van der Waals surface area contributed by atoms with Crippen LogP contribution in [0, 0.1) is 0 Å². The molecule has 0 bridgehead atoms. The third kappa shape index (κ3) is 3.40. The zero-order chi connectivity index (χ0) is 14.7. The first-order valence-electron chi connectivity index (χ1n) is 7.31. The molecule has 0 spiro atoms. The normalized spacial score (nSPS) is 16.8. The first-order valence-corrected chi connectivity index (χ1v) is 7.31. The molecule has 0 aliphatic carbocycles. The van der Waals surface area contributed by atoms with Gasteiger partial charge in [-0.05, 0) is 29.2 Å². The number of nitrogens with two attached hydrogens (primary N) is 1. The van der Waals surface area contributed by atoms with Gasteiger partial charge in [0.15, 0.2) is 0 Å². The average molecular weight is 321 g/mol. The highest BCUT2D eigenvalue weighted by Gasteiger charge is 2.35. The highest BCUT2D eigenvalue weighted by Crippen LogP contribution is 2.20. The van der Waals surface area contributed by atoms with Gasteiger partial charge in [-0.25, -0.2) is 0 Å². The fourth-order valence-corrected chi connectivity index (χ4v) is 2.76. The number of benzene rings is 2. The third-order valence-corrected chi connectivity index (χ3v) is 4.16. The Hall–Kier alpha value is -1.62. The average Bonchev–Trinajstić information content (AvgIpc) is 2.53. The number of fused-ring (bicyclic) bond motifs is 1. The molecule has 0 atom stereocenters. The van der Waals surface area contributed by atoms with Crippen molar-refractivity contribution in [2.24, 2.45) is 5.73 Å². The van der Waals surface area contributed by atoms with Crippen LogP contribution in [0.5, 0.6) is 0 Å². The van der Waals surface area contributed by atoms with Gasteiger partial charge in [0, 0.05) is 19.8 Å². The smallest absolute Gasteiger partial charge is 0.240 e. The minimum Gasteiger partial charge on any atom is -0.381 e. The third-order valence-electron chi connectivity index (χ3n) is 4.16. The van der Waals surface area contributed by atoms with E-state index < -0.39 is 5.54 Å². The summed E-state index contributed by atoms with van der Waals surface area (Å²) in [4.78, 5) is 12.3. The van der Waals surface area contributed by atoms with E-state index in [1.807, 2.05) is 24.3 Å². The van der Waals surface area contributed by atoms with Crippen LogP contribution in [-0.2, 0) is 16.1 Å². The molecule has 1 saturated heterocycles. The molecule has 1 fully saturated rings. The monoisotopic (exact) mass is 320 g/mol. The topological polar surface area (TPSA) is 64.4 Å². The molecule has 1 heterocycles. The molecule has 0 aromatic heterocycles. The van der Waals surface area contributed by atoms with Crippen LogP contribution >= 0.6 is 12.4 Å². The summed E-state index contributed by atoms with van der Waals surface area (Å²) in [6, 6.07) is 14.3. The van der Waals surface area contributed by atoms with E-state index in [0.717, 1.165) is 5.56 Å². The molecule has 0 saturated carbocycles. The van der Waals surface area contributed by atoms with E-state index >= 15 is 0 Å². The van der Waals surface area contributed by atoms with Gasteiger partial charge >= 0.3 is 0 Å². The number of carbonyl (C=O) groups excluding carboxylic acids is 1. The summed E-state index contributed by atoms with van der Waals surface area (Å²) in [5, 5.41) is 5.33. The van der Waals surface area contributed by atoms with Crippen LogP contribution in [0.25, 0.3) is 10.8 Å². The fraction of sp³-hybridized carbons (Fsp3) is 0.353. The Morgan fingerprint density at radius 1 is 1.14 bits per heavy atom. The van der Waals surface area contributed by atoms with Crippen molar-refractivity contribution < 1.29 is 9.53 Å². The van der Waals surface area contributed by atoms with E-state index in [-0.39, 0.29) is 18.3 Å². The predicted molar refractivity (Wildman–Crippen MR) is 90.0 cm³/mol. The number of amides is 1. The zero-order valence-electron chi connectivity index (χ0n) is 12.4. The van der Waals surface area contributed by atoms with Crippen molar-refractivity contribution in [2.45, 2.75) is 24.9 Å². The molecule has 4 nitrogen and oxygen atoms in total. The maximum absolute atomic E-state index is 12.3. The minimum absolute atomic E-state index is 0. The van der Waals surface area contributed by atoms with Gasteiger partial charge in [0.2, 0.25) is 5.91 Å². The largest absolute Gasteiger partial charge is 0.381 e. The second kappa shape index (κ2) is 7.09. The number of halogens is 1. The summed E-state index contributed by atoms with van der Waals surface area (Å²) in [7, 11) is 0. The Morgan fingerprint density at radius 3 is 2.59 bits per heavy atom. The van der Waals surface area contributed by atoms with Crippen LogP contribution in [0.4, 0.5) is 0 Å². The number of hydrogen-bond acceptors (Lipinski definition) is 3. The standard InChI is InChI=1S/C17H20N2O2.ClH/c18-17(8-10-21-11-9-17)16(20)19-12-14-6-3-5-13-4-1-2-7-15(13)14;/h1-7H,8-12,18H2,(H,19,20);1H. The molecule has 22 heavy (non-hydrogen) atoms. The number of hydrogen-bond donors (Lipinski definition) is 2. The van der Waals surface area contributed by atoms with Crippen molar-refractivity contribution in [3.8, 4) is 0 Å². The molecule has 5 heteroatoms. The molecule has 1 aliphatic rings. The summed E-state index contributed by atoms with van der Waals surface area (Å²) < 4.78 is 5.28. The van der Waals surface area contributed by atoms with E-state index in [0.29, 0.717) is 32.6 Å². The zero-order valence-corrected chi connectivity index (χ0v) is 13.2. The molecule has 1 aliphatic heterocycles. The van der Waals surface area contributed by atoms with Crippen molar-refractivity contribution in [1.82, 2.24) is 5.32 Å². The molecular formula is C17H21ClN2O2. The molecule has 2 aromatic carbocycles. The molecule has 118 valence electrons. The maximum Gasteiger partial charge on any atom is 0.240 e. The Labute approximate surface area is 136 Å². The SMILES string of the molecule is Cl.NC1(C(=O)NCc2cccc3ccccc23)CCOCC1. The molecule has 1 amide bonds. The predicted octanol–water partition coefficient (Wildman–Crippen LogP) is 2.39. The molecule has 3 N–H and O–H groups in total. The molecule has 2 aromatic rings. The number of ether oxygens (including phenoxy) is 1. The van der Waals surface area contributed by atoms with E-state index in [2.05, 4.69) is 23.5 Å². The van der Waals surface area contributed by atoms with E-state index in [9.17, 15) is 4.79 Å². The van der Waals surface area contributed by atoms with Gasteiger partial charge < -0.3 is 15.8 Å². The lowest BCUT2D eigenvalue weighted by Gasteiger charge is -2.31. The number of rotatable bonds is 3. The van der Waals surface area contributed by atoms with Gasteiger partial charge in [0.05, 0.1) is 5.54 Å². The molecule has 0 unspecified atom stereocenters. The Morgan fingerprint density at radius 2 is 1.82 bits per heavy atom. The lowest BCUT2D eigenvalue weighted by atomic mass is 9.90. The number of carbonyl (C=O) groups is 1. The lowest BCUT2D eigenvalue weighted by Crippen LogP contribution is -2.56. The minimum atomic E-state index is -0.789. The number of nitrogens with one attached hydrogen (secondary N) is 1. The van der Waals surface area contributed by atoms with Crippen molar-refractivity contribution in [1.29, 1.82) is 0 Å². The summed E-state index contributed by atoms with van der Waals surface area (Å²) in [6.07, 6.45) is 1.16. The van der Waals surface area contributed by atoms with Gasteiger partial charge in [-0.1, -0.05) is 42.5 Å². The Balaban J connectivity index is 0.00000176. The highest BCUT2D eigenvalue weighted by atomic mass is 35.5. The highest BCUT2D eigenvalue weighted by molar-refractivity contribution is 5.88. The van der Waals surface area contributed by atoms with Gasteiger partial charge in [0.1, 0.15) is 0 Å². The maximum atomic E-state index is 12.3. The second-order valence-corrected chi connectivity index (χ2v) is 5.59. The lowest BCUT2D eigenvalue weighted by molar-refractivity contribution is -0.129. The molecule has 0 radical (unpaired) electrons. The van der Waals surface area contributed by atoms with Crippen LogP contribution in [0.3, 0.4) is 0 Å². The van der Waals surface area contributed by atoms with Crippen molar-refractivity contribution in [2.75, 3.05) is 13.2 Å². The van der Waals surface area contributed by atoms with Crippen LogP contribution < -0.4 is 11.1 Å². The van der Waals surface area contributed by atoms with Crippen LogP contribution in [-0.4, -0.2) is 24.7 Å². The fourth-order valence-electron chi connectivity index (χ4n) is 2.76. The molecular weight excluding hydrogens is 300 g/mol. The van der Waals surface area contributed by atoms with Gasteiger partial charge in [-0.2, -0.15) is 0 Å². The Bertz CT molecular complexity index is 649. The quantitative estimate of drug-likeness (QED) is 0.912. The van der Waals surface area contributed by atoms with Crippen LogP contribution in [0.15, 0.2) is 42.5 Å². The van der Waals surface area contributed by atoms with Crippen LogP contribution in [0.1, 0.15) is 18.4 Å². The van der Waals surface area contributed by atoms with Gasteiger partial charge in [-0.3, -0.25) is 4.79 Å². The Kier molecular flexibility index (Phi) is 5.40. The summed E-state index contributed by atoms with van der Waals surface area (Å²) >= 11 is 0. The molecule has 3 rings (SSSR count). The van der Waals surface area contributed by atoms with Crippen molar-refractivity contribution in [3.63, 3.8) is 0 Å². The van der Waals surface area contributed by atoms with E-state index in [1.54, 1.807) is 0 Å². The summed E-state index contributed by atoms with van der Waals surface area (Å²) in [6.45, 7) is 1.61. The first kappa shape index (κ1) is 16.7. The van der Waals surface area contributed by atoms with Crippen LogP contribution in [0.2, 0.25) is 0 Å². The van der Waals surface area contributed by atoms with E-state index in [1.165, 1.54) is 10.8 Å². The first-order chi connectivity index (χ1) is 10.2. The summed E-state index contributed by atoms with van der Waals surface area (Å²) in [5.41, 5.74) is 6.51. The van der Waals surface area contributed by atoms with Gasteiger partial charge in [-0.15, -0.1) is 12.4 Å². The summed E-state index contributed by atoms with van der Waals surface area (Å²) in [5.74, 6) is -0.0845. The van der Waals surface area contributed by atoms with Gasteiger partial charge in [0.25, 0.3) is 0 Å². The van der Waals surface area contributed by atoms with Crippen molar-refractivity contribution >= 4 is 29.1 Å². The van der Waals surface area contributed by atoms with E-state index in [4.69, 9.17) is 10.5 Å².